The predicted octanol–water partition coefficient (Wildman–Crippen LogP) is 4.04. The Hall–Kier alpha value is -2.77. The Bertz CT molecular complexity index is 927. The average molecular weight is 390 g/mol. The third kappa shape index (κ3) is 3.89. The smallest absolute Gasteiger partial charge is 0.341 e. The maximum Gasteiger partial charge on any atom is 0.341 e. The zero-order valence-electron chi connectivity index (χ0n) is 13.2. The number of nitrogens with zero attached hydrogens (tertiary/aromatic N) is 1. The second kappa shape index (κ2) is 7.63. The summed E-state index contributed by atoms with van der Waals surface area (Å²) >= 11 is 6.72. The molecule has 1 aliphatic rings. The van der Waals surface area contributed by atoms with Gasteiger partial charge in [0.15, 0.2) is 6.61 Å². The van der Waals surface area contributed by atoms with Crippen LogP contribution in [0.15, 0.2) is 53.4 Å². The number of carboxylic acids is 1. The van der Waals surface area contributed by atoms with Gasteiger partial charge in [0.1, 0.15) is 5.75 Å². The van der Waals surface area contributed by atoms with Crippen LogP contribution >= 0.6 is 23.4 Å². The quantitative estimate of drug-likeness (QED) is 0.777. The molecule has 2 amide bonds. The molecule has 1 aliphatic heterocycles. The fraction of sp³-hybridized carbons (Fsp3) is 0.0556. The van der Waals surface area contributed by atoms with Crippen molar-refractivity contribution in [2.75, 3.05) is 11.5 Å². The molecular formula is C18H12ClNO5S. The molecule has 3 rings (SSSR count). The van der Waals surface area contributed by atoms with Crippen LogP contribution in [0.3, 0.4) is 0 Å². The van der Waals surface area contributed by atoms with Gasteiger partial charge in [-0.1, -0.05) is 35.9 Å². The number of imide groups is 1. The summed E-state index contributed by atoms with van der Waals surface area (Å²) in [4.78, 5) is 36.9. The number of rotatable bonds is 5. The van der Waals surface area contributed by atoms with Crippen LogP contribution in [0.5, 0.6) is 5.75 Å². The molecule has 1 heterocycles. The Kier molecular flexibility index (Phi) is 5.29. The van der Waals surface area contributed by atoms with E-state index in [1.54, 1.807) is 42.5 Å². The molecule has 0 saturated carbocycles. The number of anilines is 1. The highest BCUT2D eigenvalue weighted by Crippen LogP contribution is 2.37. The van der Waals surface area contributed by atoms with Crippen LogP contribution in [0.2, 0.25) is 5.02 Å². The molecule has 26 heavy (non-hydrogen) atoms. The van der Waals surface area contributed by atoms with Crippen LogP contribution in [-0.2, 0) is 9.59 Å². The van der Waals surface area contributed by atoms with E-state index in [0.29, 0.717) is 22.0 Å². The van der Waals surface area contributed by atoms with E-state index in [9.17, 15) is 14.4 Å². The van der Waals surface area contributed by atoms with E-state index in [4.69, 9.17) is 21.4 Å². The van der Waals surface area contributed by atoms with Gasteiger partial charge in [0.05, 0.1) is 10.6 Å². The Morgan fingerprint density at radius 2 is 1.96 bits per heavy atom. The number of carboxylic acid groups (broad SMARTS) is 1. The maximum absolute atomic E-state index is 12.6. The lowest BCUT2D eigenvalue weighted by atomic mass is 10.2. The lowest BCUT2D eigenvalue weighted by Crippen LogP contribution is -2.27. The lowest BCUT2D eigenvalue weighted by Gasteiger charge is -2.12. The second-order valence-corrected chi connectivity index (χ2v) is 6.65. The minimum Gasteiger partial charge on any atom is -0.481 e. The molecule has 1 N–H and O–H groups in total. The van der Waals surface area contributed by atoms with Crippen molar-refractivity contribution in [2.24, 2.45) is 0 Å². The highest BCUT2D eigenvalue weighted by Gasteiger charge is 2.36. The summed E-state index contributed by atoms with van der Waals surface area (Å²) in [5, 5.41) is 8.73. The van der Waals surface area contributed by atoms with Crippen LogP contribution < -0.4 is 9.64 Å². The summed E-state index contributed by atoms with van der Waals surface area (Å²) in [5.74, 6) is -1.28. The van der Waals surface area contributed by atoms with Gasteiger partial charge in [0, 0.05) is 10.6 Å². The number of carbonyl (C=O) groups excluding carboxylic acids is 2. The van der Waals surface area contributed by atoms with Crippen LogP contribution in [0.25, 0.3) is 6.08 Å². The minimum absolute atomic E-state index is 0.210. The van der Waals surface area contributed by atoms with Crippen LogP contribution in [0.1, 0.15) is 5.56 Å². The summed E-state index contributed by atoms with van der Waals surface area (Å²) in [7, 11) is 0. The topological polar surface area (TPSA) is 83.9 Å². The number of hydrogen-bond donors (Lipinski definition) is 1. The normalized spacial score (nSPS) is 15.6. The number of aliphatic carboxylic acids is 1. The van der Waals surface area contributed by atoms with Gasteiger partial charge in [-0.05, 0) is 42.1 Å². The van der Waals surface area contributed by atoms with Gasteiger partial charge in [-0.3, -0.25) is 9.59 Å². The van der Waals surface area contributed by atoms with Gasteiger partial charge >= 0.3 is 5.97 Å². The van der Waals surface area contributed by atoms with Gasteiger partial charge in [0.2, 0.25) is 0 Å². The predicted molar refractivity (Wildman–Crippen MR) is 99.5 cm³/mol. The van der Waals surface area contributed by atoms with E-state index in [-0.39, 0.29) is 4.91 Å². The van der Waals surface area contributed by atoms with Gasteiger partial charge in [-0.25, -0.2) is 9.69 Å². The van der Waals surface area contributed by atoms with Crippen molar-refractivity contribution < 1.29 is 24.2 Å². The van der Waals surface area contributed by atoms with E-state index in [1.807, 2.05) is 0 Å². The molecule has 0 aromatic heterocycles. The zero-order chi connectivity index (χ0) is 18.7. The van der Waals surface area contributed by atoms with Crippen molar-refractivity contribution >= 4 is 52.2 Å². The lowest BCUT2D eigenvalue weighted by molar-refractivity contribution is -0.139. The number of para-hydroxylation sites is 1. The first kappa shape index (κ1) is 18.0. The van der Waals surface area contributed by atoms with Gasteiger partial charge in [-0.15, -0.1) is 0 Å². The molecule has 2 aromatic carbocycles. The molecule has 0 radical (unpaired) electrons. The molecule has 132 valence electrons. The fourth-order valence-electron chi connectivity index (χ4n) is 2.32. The number of ether oxygens (including phenoxy) is 1. The summed E-state index contributed by atoms with van der Waals surface area (Å²) in [6, 6.07) is 13.1. The molecule has 0 unspecified atom stereocenters. The Labute approximate surface area is 158 Å². The highest BCUT2D eigenvalue weighted by atomic mass is 35.5. The van der Waals surface area contributed by atoms with Crippen molar-refractivity contribution in [3.05, 3.63) is 64.0 Å². The monoisotopic (exact) mass is 389 g/mol. The number of carbonyl (C=O) groups is 3. The number of amides is 2. The largest absolute Gasteiger partial charge is 0.481 e. The molecular weight excluding hydrogens is 378 g/mol. The average Bonchev–Trinajstić information content (AvgIpc) is 2.87. The van der Waals surface area contributed by atoms with Gasteiger partial charge < -0.3 is 9.84 Å². The van der Waals surface area contributed by atoms with E-state index in [1.165, 1.54) is 12.1 Å². The van der Waals surface area contributed by atoms with Crippen molar-refractivity contribution in [3.8, 4) is 5.75 Å². The van der Waals surface area contributed by atoms with Crippen LogP contribution in [-0.4, -0.2) is 28.8 Å². The van der Waals surface area contributed by atoms with Crippen molar-refractivity contribution in [1.29, 1.82) is 0 Å². The van der Waals surface area contributed by atoms with Crippen molar-refractivity contribution in [1.82, 2.24) is 0 Å². The zero-order valence-corrected chi connectivity index (χ0v) is 14.8. The molecule has 0 atom stereocenters. The van der Waals surface area contributed by atoms with Crippen LogP contribution in [0, 0.1) is 0 Å². The number of hydrogen-bond acceptors (Lipinski definition) is 5. The maximum atomic E-state index is 12.6. The Morgan fingerprint density at radius 3 is 2.69 bits per heavy atom. The fourth-order valence-corrected chi connectivity index (χ4v) is 3.33. The third-order valence-corrected chi connectivity index (χ3v) is 4.52. The molecule has 0 bridgehead atoms. The Balaban J connectivity index is 1.90. The summed E-state index contributed by atoms with van der Waals surface area (Å²) in [6.45, 7) is -0.505. The Morgan fingerprint density at radius 1 is 1.19 bits per heavy atom. The number of benzene rings is 2. The third-order valence-electron chi connectivity index (χ3n) is 3.42. The van der Waals surface area contributed by atoms with E-state index < -0.39 is 23.7 Å². The molecule has 0 spiro atoms. The van der Waals surface area contributed by atoms with Crippen LogP contribution in [0.4, 0.5) is 10.5 Å². The summed E-state index contributed by atoms with van der Waals surface area (Å²) < 4.78 is 5.22. The second-order valence-electron chi connectivity index (χ2n) is 5.22. The highest BCUT2D eigenvalue weighted by molar-refractivity contribution is 8.19. The van der Waals surface area contributed by atoms with E-state index in [0.717, 1.165) is 16.7 Å². The first-order chi connectivity index (χ1) is 12.5. The SMILES string of the molecule is O=C(O)COc1ccccc1/C=C1/SC(=O)N(c2cccc(Cl)c2)C1=O. The standard InChI is InChI=1S/C18H12ClNO5S/c19-12-5-3-6-13(9-12)20-17(23)15(26-18(20)24)8-11-4-1-2-7-14(11)25-10-16(21)22/h1-9H,10H2,(H,21,22)/b15-8+. The van der Waals surface area contributed by atoms with Crippen molar-refractivity contribution in [2.45, 2.75) is 0 Å². The number of thioether (sulfide) groups is 1. The van der Waals surface area contributed by atoms with Gasteiger partial charge in [-0.2, -0.15) is 0 Å². The summed E-state index contributed by atoms with van der Waals surface area (Å²) in [5.41, 5.74) is 0.893. The molecule has 8 heteroatoms. The van der Waals surface area contributed by atoms with E-state index in [2.05, 4.69) is 0 Å². The van der Waals surface area contributed by atoms with Gasteiger partial charge in [0.25, 0.3) is 11.1 Å². The molecule has 6 nitrogen and oxygen atoms in total. The summed E-state index contributed by atoms with van der Waals surface area (Å²) in [6.07, 6.45) is 1.51. The van der Waals surface area contributed by atoms with Crippen molar-refractivity contribution in [3.63, 3.8) is 0 Å². The number of halogens is 1. The molecule has 1 saturated heterocycles. The first-order valence-electron chi connectivity index (χ1n) is 7.43. The first-order valence-corrected chi connectivity index (χ1v) is 8.62. The molecule has 1 fully saturated rings. The molecule has 2 aromatic rings. The molecule has 0 aliphatic carbocycles. The van der Waals surface area contributed by atoms with E-state index >= 15 is 0 Å². The minimum atomic E-state index is -1.11.